The Labute approximate surface area is 102 Å². The summed E-state index contributed by atoms with van der Waals surface area (Å²) in [6.07, 6.45) is 0. The van der Waals surface area contributed by atoms with E-state index in [2.05, 4.69) is 24.0 Å². The first-order chi connectivity index (χ1) is 7.72. The molecule has 1 aromatic heterocycles. The largest absolute Gasteiger partial charge is 0.774 e. The van der Waals surface area contributed by atoms with Gasteiger partial charge in [0.1, 0.15) is 11.3 Å². The molecule has 0 saturated carbocycles. The zero-order valence-electron chi connectivity index (χ0n) is 9.65. The Morgan fingerprint density at radius 1 is 1.25 bits per heavy atom. The number of para-hydroxylation sites is 1. The number of benzene rings is 1. The Morgan fingerprint density at radius 3 is 2.81 bits per heavy atom. The summed E-state index contributed by atoms with van der Waals surface area (Å²) in [4.78, 5) is 4.52. The topological polar surface area (TPSA) is 31.4 Å². The van der Waals surface area contributed by atoms with E-state index in [1.54, 1.807) is 7.11 Å². The molecule has 1 heterocycles. The number of pyridine rings is 1. The summed E-state index contributed by atoms with van der Waals surface area (Å²) in [5.41, 5.74) is 3.15. The van der Waals surface area contributed by atoms with Gasteiger partial charge in [0.15, 0.2) is 0 Å². The number of rotatable bonds is 3. The van der Waals surface area contributed by atoms with E-state index < -0.39 is 15.9 Å². The molecule has 2 aromatic rings. The van der Waals surface area contributed by atoms with Crippen molar-refractivity contribution < 1.29 is 7.58 Å². The van der Waals surface area contributed by atoms with Gasteiger partial charge in [-0.05, 0) is 31.5 Å². The second-order valence-electron chi connectivity index (χ2n) is 3.68. The minimum Gasteiger partial charge on any atom is -0.624 e. The molecule has 0 atom stereocenters. The SMILES string of the molecule is C[O][Al][O]c1cccc2c(C)cc(C)nc12. The summed E-state index contributed by atoms with van der Waals surface area (Å²) in [5.74, 6) is 0.807. The van der Waals surface area contributed by atoms with Gasteiger partial charge in [0, 0.05) is 18.2 Å². The number of fused-ring (bicyclic) bond motifs is 1. The predicted octanol–water partition coefficient (Wildman–Crippen LogP) is 2.41. The average Bonchev–Trinajstić information content (AvgIpc) is 2.26. The van der Waals surface area contributed by atoms with Gasteiger partial charge in [-0.15, -0.1) is 0 Å². The highest BCUT2D eigenvalue weighted by molar-refractivity contribution is 6.19. The highest BCUT2D eigenvalue weighted by Crippen LogP contribution is 2.26. The van der Waals surface area contributed by atoms with Gasteiger partial charge in [-0.2, -0.15) is 0 Å². The Morgan fingerprint density at radius 2 is 2.06 bits per heavy atom. The molecule has 0 spiro atoms. The predicted molar refractivity (Wildman–Crippen MR) is 64.6 cm³/mol. The van der Waals surface area contributed by atoms with Crippen molar-refractivity contribution in [3.63, 3.8) is 0 Å². The van der Waals surface area contributed by atoms with E-state index >= 15 is 0 Å². The highest BCUT2D eigenvalue weighted by atomic mass is 27.2. The molecular weight excluding hydrogens is 217 g/mol. The first kappa shape index (κ1) is 11.4. The number of nitrogens with zero attached hydrogens (tertiary/aromatic N) is 1. The monoisotopic (exact) mass is 230 g/mol. The van der Waals surface area contributed by atoms with Crippen molar-refractivity contribution in [3.05, 3.63) is 35.5 Å². The molecule has 0 fully saturated rings. The van der Waals surface area contributed by atoms with E-state index in [0.29, 0.717) is 0 Å². The number of hydrogen-bond acceptors (Lipinski definition) is 3. The van der Waals surface area contributed by atoms with Crippen molar-refractivity contribution >= 4 is 26.8 Å². The van der Waals surface area contributed by atoms with Gasteiger partial charge in [0.2, 0.25) is 0 Å². The highest BCUT2D eigenvalue weighted by Gasteiger charge is 2.07. The number of aryl methyl sites for hydroxylation is 2. The Bertz CT molecular complexity index is 514. The molecule has 0 amide bonds. The van der Waals surface area contributed by atoms with Crippen LogP contribution in [0.15, 0.2) is 24.3 Å². The fraction of sp³-hybridized carbons (Fsp3) is 0.250. The van der Waals surface area contributed by atoms with Gasteiger partial charge in [-0.3, -0.25) is 0 Å². The molecule has 0 bridgehead atoms. The van der Waals surface area contributed by atoms with Crippen LogP contribution in [0.25, 0.3) is 10.9 Å². The molecule has 81 valence electrons. The van der Waals surface area contributed by atoms with E-state index in [9.17, 15) is 0 Å². The molecule has 0 saturated heterocycles. The van der Waals surface area contributed by atoms with E-state index in [0.717, 1.165) is 22.3 Å². The van der Waals surface area contributed by atoms with E-state index in [1.807, 2.05) is 19.1 Å². The minimum atomic E-state index is -0.460. The molecule has 0 N–H and O–H groups in total. The van der Waals surface area contributed by atoms with Crippen LogP contribution in [-0.4, -0.2) is 28.0 Å². The van der Waals surface area contributed by atoms with Crippen LogP contribution >= 0.6 is 0 Å². The van der Waals surface area contributed by atoms with Crippen LogP contribution in [0.2, 0.25) is 0 Å². The summed E-state index contributed by atoms with van der Waals surface area (Å²) in [6.45, 7) is 4.08. The third-order valence-electron chi connectivity index (χ3n) is 2.41. The average molecular weight is 230 g/mol. The van der Waals surface area contributed by atoms with Crippen molar-refractivity contribution in [2.75, 3.05) is 7.11 Å². The van der Waals surface area contributed by atoms with Crippen LogP contribution in [0.4, 0.5) is 0 Å². The summed E-state index contributed by atoms with van der Waals surface area (Å²) in [7, 11) is 1.64. The van der Waals surface area contributed by atoms with Crippen molar-refractivity contribution in [2.24, 2.45) is 0 Å². The molecule has 0 aliphatic carbocycles. The van der Waals surface area contributed by atoms with Crippen LogP contribution in [0, 0.1) is 13.8 Å². The van der Waals surface area contributed by atoms with Gasteiger partial charge < -0.3 is 7.58 Å². The first-order valence-corrected chi connectivity index (χ1v) is 6.05. The molecule has 0 aliphatic rings. The second-order valence-corrected chi connectivity index (χ2v) is 4.58. The van der Waals surface area contributed by atoms with Crippen molar-refractivity contribution in [1.29, 1.82) is 0 Å². The third-order valence-corrected chi connectivity index (χ3v) is 2.95. The molecule has 1 aromatic carbocycles. The standard InChI is InChI=1S/C11H11NO.CH3O.Al/c1-7-6-8(2)12-11-9(7)4-3-5-10(11)13;1-2;/h3-6,13H,1-2H3;1H3;/q;-1;+2/p-1. The number of hydrogen-bond donors (Lipinski definition) is 0. The Kier molecular flexibility index (Phi) is 3.45. The van der Waals surface area contributed by atoms with Gasteiger partial charge in [0.25, 0.3) is 0 Å². The zero-order valence-corrected chi connectivity index (χ0v) is 10.8. The molecule has 16 heavy (non-hydrogen) atoms. The van der Waals surface area contributed by atoms with Crippen molar-refractivity contribution in [2.45, 2.75) is 13.8 Å². The minimum absolute atomic E-state index is 0.460. The summed E-state index contributed by atoms with van der Waals surface area (Å²) in [5, 5.41) is 1.14. The maximum Gasteiger partial charge on any atom is 0.774 e. The van der Waals surface area contributed by atoms with Crippen LogP contribution < -0.4 is 3.79 Å². The van der Waals surface area contributed by atoms with Crippen LogP contribution in [-0.2, 0) is 3.79 Å². The van der Waals surface area contributed by atoms with Crippen LogP contribution in [0.3, 0.4) is 0 Å². The van der Waals surface area contributed by atoms with Crippen molar-refractivity contribution in [1.82, 2.24) is 4.98 Å². The fourth-order valence-electron chi connectivity index (χ4n) is 1.75. The van der Waals surface area contributed by atoms with Gasteiger partial charge in [0.05, 0.1) is 0 Å². The van der Waals surface area contributed by atoms with E-state index in [4.69, 9.17) is 7.58 Å². The lowest BCUT2D eigenvalue weighted by Crippen LogP contribution is -2.05. The van der Waals surface area contributed by atoms with Crippen LogP contribution in [0.1, 0.15) is 11.3 Å². The number of aromatic nitrogens is 1. The first-order valence-electron chi connectivity index (χ1n) is 5.10. The molecule has 4 heteroatoms. The molecule has 2 rings (SSSR count). The summed E-state index contributed by atoms with van der Waals surface area (Å²) >= 11 is -0.460. The Hall–Kier alpha value is -1.08. The molecule has 1 radical (unpaired) electrons. The normalized spacial score (nSPS) is 10.4. The van der Waals surface area contributed by atoms with Gasteiger partial charge in [-0.1, -0.05) is 12.1 Å². The molecule has 0 aliphatic heterocycles. The third kappa shape index (κ3) is 2.20. The molecular formula is C12H13AlNO2. The van der Waals surface area contributed by atoms with E-state index in [1.165, 1.54) is 5.56 Å². The van der Waals surface area contributed by atoms with Crippen molar-refractivity contribution in [3.8, 4) is 5.75 Å². The molecule has 3 nitrogen and oxygen atoms in total. The summed E-state index contributed by atoms with van der Waals surface area (Å²) in [6, 6.07) is 8.05. The lowest BCUT2D eigenvalue weighted by molar-refractivity contribution is 0.367. The van der Waals surface area contributed by atoms with E-state index in [-0.39, 0.29) is 0 Å². The lowest BCUT2D eigenvalue weighted by Gasteiger charge is -2.10. The molecule has 0 unspecified atom stereocenters. The van der Waals surface area contributed by atoms with Crippen LogP contribution in [0.5, 0.6) is 5.75 Å². The lowest BCUT2D eigenvalue weighted by atomic mass is 10.1. The van der Waals surface area contributed by atoms with Gasteiger partial charge >= 0.3 is 15.9 Å². The second kappa shape index (κ2) is 4.84. The maximum absolute atomic E-state index is 5.58. The smallest absolute Gasteiger partial charge is 0.624 e. The van der Waals surface area contributed by atoms with Gasteiger partial charge in [-0.25, -0.2) is 4.98 Å². The summed E-state index contributed by atoms with van der Waals surface area (Å²) < 4.78 is 10.6. The fourth-order valence-corrected chi connectivity index (χ4v) is 2.14. The Balaban J connectivity index is 2.57. The quantitative estimate of drug-likeness (QED) is 0.759. The zero-order chi connectivity index (χ0) is 11.5. The maximum atomic E-state index is 5.58.